The molecule has 1 aliphatic carbocycles. The van der Waals surface area contributed by atoms with E-state index >= 15 is 0 Å². The average molecular weight is 1190 g/mol. The lowest BCUT2D eigenvalue weighted by Crippen LogP contribution is -2.60. The first-order chi connectivity index (χ1) is 39.5. The number of methoxy groups -OCH3 is 2. The normalized spacial score (nSPS) is 29.9. The third-order valence-corrected chi connectivity index (χ3v) is 16.7. The lowest BCUT2D eigenvalue weighted by Gasteiger charge is -2.42. The number of hydrogen-bond donors (Lipinski definition) is 7. The van der Waals surface area contributed by atoms with Gasteiger partial charge in [0.2, 0.25) is 41.2 Å². The van der Waals surface area contributed by atoms with Gasteiger partial charge < -0.3 is 65.6 Å². The Labute approximate surface area is 490 Å². The van der Waals surface area contributed by atoms with E-state index < -0.39 is 138 Å². The molecule has 12 atom stereocenters. The van der Waals surface area contributed by atoms with Crippen LogP contribution >= 0.6 is 11.8 Å². The number of amides is 7. The third kappa shape index (κ3) is 21.1. The zero-order valence-corrected chi connectivity index (χ0v) is 49.8. The number of benzene rings is 1. The van der Waals surface area contributed by atoms with Crippen molar-refractivity contribution >= 4 is 76.8 Å². The maximum absolute atomic E-state index is 14.5. The molecule has 7 amide bonds. The Kier molecular flexibility index (Phi) is 27.2. The molecule has 2 bridgehead atoms. The quantitative estimate of drug-likeness (QED) is 0.0890. The fraction of sp³-hybridized carbons (Fsp3) is 0.707. The monoisotopic (exact) mass is 1190 g/mol. The van der Waals surface area contributed by atoms with Crippen molar-refractivity contribution in [2.24, 2.45) is 23.7 Å². The van der Waals surface area contributed by atoms with Crippen molar-refractivity contribution in [2.75, 3.05) is 51.9 Å². The average Bonchev–Trinajstić information content (AvgIpc) is 3.67. The lowest BCUT2D eigenvalue weighted by molar-refractivity contribution is -0.262. The van der Waals surface area contributed by atoms with Crippen LogP contribution in [0.2, 0.25) is 0 Å². The number of aliphatic hydroxyl groups is 1. The molecule has 3 saturated heterocycles. The molecule has 25 heteroatoms. The Balaban J connectivity index is 1.36. The van der Waals surface area contributed by atoms with E-state index in [9.17, 15) is 57.8 Å². The van der Waals surface area contributed by atoms with Crippen LogP contribution in [-0.4, -0.2) is 181 Å². The first-order valence-corrected chi connectivity index (χ1v) is 30.2. The molecule has 7 N–H and O–H groups in total. The summed E-state index contributed by atoms with van der Waals surface area (Å²) in [5.74, 6) is -11.5. The molecule has 462 valence electrons. The van der Waals surface area contributed by atoms with E-state index in [2.05, 4.69) is 36.6 Å². The molecule has 0 aromatic heterocycles. The molecule has 1 saturated carbocycles. The molecule has 0 radical (unpaired) electrons. The Morgan fingerprint density at radius 1 is 0.759 bits per heavy atom. The molecular formula is C58H87N7O17S. The lowest BCUT2D eigenvalue weighted by atomic mass is 9.78. The second-order valence-corrected chi connectivity index (χ2v) is 23.8. The number of Topliss-reactive ketones (excluding diaryl/α,β-unsaturated/α-hetero) is 1. The maximum atomic E-state index is 14.5. The Hall–Kier alpha value is -6.18. The smallest absolute Gasteiger partial charge is 0.329 e. The number of piperidine rings is 1. The predicted octanol–water partition coefficient (Wildman–Crippen LogP) is 1.70. The molecule has 3 aliphatic heterocycles. The van der Waals surface area contributed by atoms with Gasteiger partial charge in [0.1, 0.15) is 36.4 Å². The number of hydrogen-bond acceptors (Lipinski definition) is 18. The van der Waals surface area contributed by atoms with Crippen molar-refractivity contribution < 1.29 is 81.5 Å². The van der Waals surface area contributed by atoms with Crippen LogP contribution in [0.4, 0.5) is 0 Å². The molecule has 4 fully saturated rings. The van der Waals surface area contributed by atoms with Gasteiger partial charge in [-0.3, -0.25) is 47.9 Å². The minimum atomic E-state index is -2.53. The number of fused-ring (bicyclic) bond motifs is 3. The van der Waals surface area contributed by atoms with Crippen LogP contribution in [0.1, 0.15) is 130 Å². The number of nitrogens with one attached hydrogen (secondary N) is 6. The molecule has 3 heterocycles. The molecule has 0 unspecified atom stereocenters. The first-order valence-electron chi connectivity index (χ1n) is 29.1. The molecular weight excluding hydrogens is 1100 g/mol. The second kappa shape index (κ2) is 33.3. The van der Waals surface area contributed by atoms with Gasteiger partial charge in [-0.15, -0.1) is 0 Å². The highest BCUT2D eigenvalue weighted by atomic mass is 32.2. The van der Waals surface area contributed by atoms with Gasteiger partial charge in [-0.1, -0.05) is 58.0 Å². The number of carbonyl (C=O) groups is 11. The van der Waals surface area contributed by atoms with Gasteiger partial charge in [0.15, 0.2) is 0 Å². The molecule has 4 aliphatic rings. The molecule has 1 aromatic carbocycles. The largest absolute Gasteiger partial charge is 0.469 e. The van der Waals surface area contributed by atoms with Crippen molar-refractivity contribution in [2.45, 2.75) is 185 Å². The first kappa shape index (κ1) is 67.6. The molecule has 24 nitrogen and oxygen atoms in total. The van der Waals surface area contributed by atoms with Crippen LogP contribution < -0.4 is 31.9 Å². The fourth-order valence-corrected chi connectivity index (χ4v) is 11.8. The molecule has 83 heavy (non-hydrogen) atoms. The minimum absolute atomic E-state index is 0.00351. The van der Waals surface area contributed by atoms with Crippen molar-refractivity contribution in [1.82, 2.24) is 36.8 Å². The van der Waals surface area contributed by atoms with E-state index in [0.29, 0.717) is 62.7 Å². The van der Waals surface area contributed by atoms with Gasteiger partial charge in [-0.05, 0) is 107 Å². The van der Waals surface area contributed by atoms with Crippen LogP contribution in [0.15, 0.2) is 30.3 Å². The zero-order valence-electron chi connectivity index (χ0n) is 49.0. The van der Waals surface area contributed by atoms with Gasteiger partial charge in [0.25, 0.3) is 11.7 Å². The Morgan fingerprint density at radius 3 is 2.18 bits per heavy atom. The molecule has 1 aromatic rings. The Bertz CT molecular complexity index is 2420. The van der Waals surface area contributed by atoms with Crippen molar-refractivity contribution in [3.05, 3.63) is 35.9 Å². The van der Waals surface area contributed by atoms with Crippen LogP contribution in [0.5, 0.6) is 0 Å². The van der Waals surface area contributed by atoms with E-state index in [4.69, 9.17) is 18.9 Å². The highest BCUT2D eigenvalue weighted by molar-refractivity contribution is 7.99. The van der Waals surface area contributed by atoms with Gasteiger partial charge in [0, 0.05) is 39.1 Å². The number of rotatable bonds is 12. The number of ether oxygens (including phenoxy) is 5. The summed E-state index contributed by atoms with van der Waals surface area (Å²) in [5.41, 5.74) is 0.707. The summed E-state index contributed by atoms with van der Waals surface area (Å²) in [6.45, 7) is 7.94. The van der Waals surface area contributed by atoms with Crippen molar-refractivity contribution in [1.29, 1.82) is 0 Å². The highest BCUT2D eigenvalue weighted by Crippen LogP contribution is 2.37. The van der Waals surface area contributed by atoms with Crippen molar-refractivity contribution in [3.8, 4) is 0 Å². The maximum Gasteiger partial charge on any atom is 0.329 e. The summed E-state index contributed by atoms with van der Waals surface area (Å²) >= 11 is 1.22. The number of thioether (sulfide) groups is 1. The van der Waals surface area contributed by atoms with Crippen LogP contribution in [0.3, 0.4) is 0 Å². The number of esters is 3. The van der Waals surface area contributed by atoms with Gasteiger partial charge in [0.05, 0.1) is 50.9 Å². The number of nitrogens with zero attached hydrogens (tertiary/aromatic N) is 1. The summed E-state index contributed by atoms with van der Waals surface area (Å²) in [6.07, 6.45) is 0.889. The van der Waals surface area contributed by atoms with E-state index in [1.165, 1.54) is 32.9 Å². The van der Waals surface area contributed by atoms with Crippen molar-refractivity contribution in [3.63, 3.8) is 0 Å². The summed E-state index contributed by atoms with van der Waals surface area (Å²) in [5, 5.41) is 28.0. The fourth-order valence-electron chi connectivity index (χ4n) is 10.9. The topological polar surface area (TPSA) is 330 Å². The van der Waals surface area contributed by atoms with Crippen LogP contribution in [0.25, 0.3) is 0 Å². The molecule has 5 rings (SSSR count). The number of ketones is 1. The Morgan fingerprint density at radius 2 is 1.47 bits per heavy atom. The van der Waals surface area contributed by atoms with Crippen LogP contribution in [0, 0.1) is 23.7 Å². The summed E-state index contributed by atoms with van der Waals surface area (Å²) in [6, 6.07) is 4.36. The van der Waals surface area contributed by atoms with E-state index in [1.54, 1.807) is 37.3 Å². The van der Waals surface area contributed by atoms with Gasteiger partial charge in [-0.25, -0.2) is 4.79 Å². The predicted molar refractivity (Wildman–Crippen MR) is 302 cm³/mol. The SMILES string of the molecule is COC(=O)CCC(=O)O[C@H]1CC[C@H](C[C@@H](C)[C@@H]2CC(=O)NCCNC(=O)[C@H](CC(C)C)NC(=O)CNC(=O)[C@H](Cc3ccccc3)NC(=O)[C@H](C)NC(=O)CSCC[C@@H]3CC[C@@H](C)[C@@](O)(O3)C(=O)C(=O)N3CCCC[C@@H]3C(=O)O2)C[C@H]1OC. The molecule has 0 spiro atoms. The summed E-state index contributed by atoms with van der Waals surface area (Å²) < 4.78 is 28.4. The van der Waals surface area contributed by atoms with E-state index in [-0.39, 0.29) is 82.2 Å². The summed E-state index contributed by atoms with van der Waals surface area (Å²) in [7, 11) is 2.74. The van der Waals surface area contributed by atoms with Crippen LogP contribution in [-0.2, 0) is 82.8 Å². The second-order valence-electron chi connectivity index (χ2n) is 22.7. The number of carbonyl (C=O) groups excluding carboxylic acids is 11. The minimum Gasteiger partial charge on any atom is -0.469 e. The zero-order chi connectivity index (χ0) is 60.8. The third-order valence-electron chi connectivity index (χ3n) is 15.7. The van der Waals surface area contributed by atoms with E-state index in [1.807, 2.05) is 20.8 Å². The van der Waals surface area contributed by atoms with Gasteiger partial charge >= 0.3 is 17.9 Å². The highest BCUT2D eigenvalue weighted by Gasteiger charge is 2.53. The summed E-state index contributed by atoms with van der Waals surface area (Å²) in [4.78, 5) is 149. The number of cyclic esters (lactones) is 1. The van der Waals surface area contributed by atoms with Gasteiger partial charge in [-0.2, -0.15) is 11.8 Å². The van der Waals surface area contributed by atoms with E-state index in [0.717, 1.165) is 4.90 Å². The standard InChI is InChI=1S/C58H87N7O17S/c1-34(2)27-41-54(73)60-24-23-59-47(66)31-45(35(3)28-39-17-19-44(46(30-39)78-6)80-51(70)21-20-50(69)79-7)81-57(76)43-15-11-12-25-65(43)56(75)52(71)58(77)36(4)16-18-40(82-58)22-26-83-33-49(68)62-37(5)53(72)64-42(29-38-13-9-8-10-14-38)55(74)61-32-48(67)63-41/h8-10,13-14,34-37,39-46,77H,11-12,15-33H2,1-7H3,(H,59,66)(H,60,73)(H,61,74)(H,62,68)(H,63,67)(H,64,72)/t35-,36-,37+,39-,40+,41+,42+,43-,44+,45+,46-,58-/m1/s1.